The van der Waals surface area contributed by atoms with Gasteiger partial charge in [-0.25, -0.2) is 9.97 Å². The van der Waals surface area contributed by atoms with Crippen molar-refractivity contribution >= 4 is 46.4 Å². The first kappa shape index (κ1) is 24.1. The molecule has 3 aromatic carbocycles. The number of fused-ring (bicyclic) bond motifs is 8. The predicted octanol–water partition coefficient (Wildman–Crippen LogP) is 9.66. The molecular formula is C38H26N4. The fraction of sp³-hybridized carbons (Fsp3) is 0. The van der Waals surface area contributed by atoms with Crippen LogP contribution in [0.25, 0.3) is 79.8 Å². The maximum absolute atomic E-state index is 5.27. The largest absolute Gasteiger partial charge is 0.355 e. The average Bonchev–Trinajstić information content (AvgIpc) is 3.86. The van der Waals surface area contributed by atoms with E-state index in [9.17, 15) is 0 Å². The third-order valence-electron chi connectivity index (χ3n) is 7.76. The van der Waals surface area contributed by atoms with Gasteiger partial charge in [0.25, 0.3) is 0 Å². The van der Waals surface area contributed by atoms with E-state index in [2.05, 4.69) is 137 Å². The maximum Gasteiger partial charge on any atom is 0.0737 e. The van der Waals surface area contributed by atoms with Gasteiger partial charge in [-0.2, -0.15) is 0 Å². The van der Waals surface area contributed by atoms with E-state index in [0.717, 1.165) is 78.2 Å². The Hall–Kier alpha value is -5.74. The van der Waals surface area contributed by atoms with Crippen LogP contribution in [0.5, 0.6) is 0 Å². The lowest BCUT2D eigenvalue weighted by atomic mass is 10.0. The average molecular weight is 539 g/mol. The fourth-order valence-corrected chi connectivity index (χ4v) is 5.86. The molecule has 0 saturated carbocycles. The summed E-state index contributed by atoms with van der Waals surface area (Å²) in [7, 11) is 0. The van der Waals surface area contributed by atoms with Crippen molar-refractivity contribution in [3.05, 3.63) is 144 Å². The van der Waals surface area contributed by atoms with Gasteiger partial charge in [0.1, 0.15) is 0 Å². The Morgan fingerprint density at radius 3 is 1.33 bits per heavy atom. The summed E-state index contributed by atoms with van der Waals surface area (Å²) in [6.07, 6.45) is 8.43. The molecule has 3 aromatic heterocycles. The molecule has 4 nitrogen and oxygen atoms in total. The molecule has 0 amide bonds. The van der Waals surface area contributed by atoms with Crippen LogP contribution < -0.4 is 0 Å². The van der Waals surface area contributed by atoms with Crippen LogP contribution in [0.4, 0.5) is 0 Å². The van der Waals surface area contributed by atoms with Gasteiger partial charge in [0, 0.05) is 38.8 Å². The summed E-state index contributed by atoms with van der Waals surface area (Å²) in [5.41, 5.74) is 14.2. The number of hydrogen-bond acceptors (Lipinski definition) is 2. The van der Waals surface area contributed by atoms with Gasteiger partial charge in [-0.3, -0.25) is 0 Å². The first-order valence-corrected chi connectivity index (χ1v) is 14.1. The smallest absolute Gasteiger partial charge is 0.0737 e. The van der Waals surface area contributed by atoms with E-state index in [1.54, 1.807) is 0 Å². The molecule has 0 unspecified atom stereocenters. The SMILES string of the molecule is C1=Cc2nc1cc1ccc([nH]1)c(-c1ccccc1)c1nc(c(-c3ccccc3)c3ccc([nH]3)c2-c2ccccc2)C=C1. The van der Waals surface area contributed by atoms with Gasteiger partial charge in [0.05, 0.1) is 22.8 Å². The van der Waals surface area contributed by atoms with E-state index in [-0.39, 0.29) is 0 Å². The van der Waals surface area contributed by atoms with E-state index < -0.39 is 0 Å². The highest BCUT2D eigenvalue weighted by Gasteiger charge is 2.16. The normalized spacial score (nSPS) is 12.1. The van der Waals surface area contributed by atoms with Crippen molar-refractivity contribution in [2.75, 3.05) is 0 Å². The quantitative estimate of drug-likeness (QED) is 0.235. The topological polar surface area (TPSA) is 57.4 Å². The summed E-state index contributed by atoms with van der Waals surface area (Å²) < 4.78 is 0. The molecule has 0 spiro atoms. The lowest BCUT2D eigenvalue weighted by Crippen LogP contribution is -1.88. The summed E-state index contributed by atoms with van der Waals surface area (Å²) in [5.74, 6) is 0. The van der Waals surface area contributed by atoms with Gasteiger partial charge in [-0.1, -0.05) is 91.0 Å². The van der Waals surface area contributed by atoms with Gasteiger partial charge in [-0.15, -0.1) is 0 Å². The van der Waals surface area contributed by atoms with Crippen molar-refractivity contribution in [3.8, 4) is 33.4 Å². The molecule has 2 N–H and O–H groups in total. The first-order chi connectivity index (χ1) is 20.8. The zero-order valence-electron chi connectivity index (χ0n) is 22.8. The molecule has 0 aliphatic carbocycles. The molecule has 42 heavy (non-hydrogen) atoms. The van der Waals surface area contributed by atoms with Crippen LogP contribution in [-0.4, -0.2) is 19.9 Å². The van der Waals surface area contributed by atoms with Gasteiger partial charge in [0.15, 0.2) is 0 Å². The van der Waals surface area contributed by atoms with Gasteiger partial charge in [0.2, 0.25) is 0 Å². The van der Waals surface area contributed by atoms with E-state index >= 15 is 0 Å². The summed E-state index contributed by atoms with van der Waals surface area (Å²) >= 11 is 0. The number of H-pyrrole nitrogens is 2. The Bertz CT molecular complexity index is 2130. The molecule has 0 fully saturated rings. The van der Waals surface area contributed by atoms with E-state index in [1.807, 2.05) is 18.2 Å². The standard InChI is InChI=1S/C38H26N4/c1-4-10-25(11-5-1)36-30-18-16-28(39-30)24-29-17-19-31(40-29)37(26-12-6-2-7-13-26)33-21-23-35(42-33)38(27-14-8-3-9-15-27)34-22-20-32(36)41-34/h1-24,39,42H. The van der Waals surface area contributed by atoms with Crippen molar-refractivity contribution in [1.29, 1.82) is 0 Å². The van der Waals surface area contributed by atoms with E-state index in [0.29, 0.717) is 0 Å². The predicted molar refractivity (Wildman–Crippen MR) is 175 cm³/mol. The third kappa shape index (κ3) is 4.27. The number of rotatable bonds is 3. The highest BCUT2D eigenvalue weighted by Crippen LogP contribution is 2.36. The Balaban J connectivity index is 1.54. The number of nitrogens with one attached hydrogen (secondary N) is 2. The summed E-state index contributed by atoms with van der Waals surface area (Å²) in [4.78, 5) is 17.7. The van der Waals surface area contributed by atoms with Crippen LogP contribution in [0.15, 0.2) is 121 Å². The molecule has 0 radical (unpaired) electrons. The van der Waals surface area contributed by atoms with Crippen molar-refractivity contribution in [1.82, 2.24) is 19.9 Å². The fourth-order valence-electron chi connectivity index (χ4n) is 5.86. The van der Waals surface area contributed by atoms with Crippen LogP contribution in [0.2, 0.25) is 0 Å². The Morgan fingerprint density at radius 1 is 0.381 bits per heavy atom. The first-order valence-electron chi connectivity index (χ1n) is 14.1. The second-order valence-corrected chi connectivity index (χ2v) is 10.5. The summed E-state index contributed by atoms with van der Waals surface area (Å²) in [6, 6.07) is 42.0. The molecule has 4 heteroatoms. The second kappa shape index (κ2) is 10.0. The highest BCUT2D eigenvalue weighted by atomic mass is 14.8. The van der Waals surface area contributed by atoms with Crippen LogP contribution >= 0.6 is 0 Å². The number of aromatic amines is 2. The zero-order valence-corrected chi connectivity index (χ0v) is 22.8. The van der Waals surface area contributed by atoms with Gasteiger partial charge in [-0.05, 0) is 71.3 Å². The van der Waals surface area contributed by atoms with Crippen LogP contribution in [0, 0.1) is 0 Å². The summed E-state index contributed by atoms with van der Waals surface area (Å²) in [5, 5.41) is 0. The number of hydrogen-bond donors (Lipinski definition) is 2. The number of aromatic nitrogens is 4. The maximum atomic E-state index is 5.27. The monoisotopic (exact) mass is 538 g/mol. The molecule has 8 rings (SSSR count). The van der Waals surface area contributed by atoms with Gasteiger partial charge >= 0.3 is 0 Å². The molecular weight excluding hydrogens is 512 g/mol. The Kier molecular flexibility index (Phi) is 5.75. The molecule has 5 heterocycles. The van der Waals surface area contributed by atoms with Crippen molar-refractivity contribution in [2.45, 2.75) is 0 Å². The third-order valence-corrected chi connectivity index (χ3v) is 7.76. The van der Waals surface area contributed by atoms with E-state index in [4.69, 9.17) is 9.97 Å². The molecule has 2 aliphatic rings. The molecule has 0 saturated heterocycles. The van der Waals surface area contributed by atoms with Crippen molar-refractivity contribution < 1.29 is 0 Å². The zero-order chi connectivity index (χ0) is 27.9. The lowest BCUT2D eigenvalue weighted by molar-refractivity contribution is 1.31. The lowest BCUT2D eigenvalue weighted by Gasteiger charge is -2.06. The molecule has 2 aliphatic heterocycles. The van der Waals surface area contributed by atoms with Crippen molar-refractivity contribution in [3.63, 3.8) is 0 Å². The minimum atomic E-state index is 0.900. The molecule has 198 valence electrons. The minimum Gasteiger partial charge on any atom is -0.355 e. The van der Waals surface area contributed by atoms with Crippen LogP contribution in [-0.2, 0) is 0 Å². The number of nitrogens with zero attached hydrogens (tertiary/aromatic N) is 2. The van der Waals surface area contributed by atoms with Crippen LogP contribution in [0.3, 0.4) is 0 Å². The van der Waals surface area contributed by atoms with E-state index in [1.165, 1.54) is 0 Å². The molecule has 8 bridgehead atoms. The van der Waals surface area contributed by atoms with Gasteiger partial charge < -0.3 is 9.97 Å². The highest BCUT2D eigenvalue weighted by molar-refractivity contribution is 5.97. The Labute approximate surface area is 243 Å². The van der Waals surface area contributed by atoms with Crippen molar-refractivity contribution in [2.24, 2.45) is 0 Å². The van der Waals surface area contributed by atoms with Crippen LogP contribution in [0.1, 0.15) is 22.8 Å². The second-order valence-electron chi connectivity index (χ2n) is 10.5. The minimum absolute atomic E-state index is 0.900. The summed E-state index contributed by atoms with van der Waals surface area (Å²) in [6.45, 7) is 0. The molecule has 6 aromatic rings. The number of benzene rings is 3. The molecule has 0 atom stereocenters. The Morgan fingerprint density at radius 2 is 0.810 bits per heavy atom.